The van der Waals surface area contributed by atoms with Crippen LogP contribution in [0.2, 0.25) is 5.02 Å². The minimum atomic E-state index is 0.618. The standard InChI is InChI=1S/C28H33ClN6O/c1-18-26(19(2)36-33-18)22-8-9-25-24(15-22)27(30-16-21-6-5-7-23(29)14-21)32-28(31-25)35-12-10-20(11-13-35)17-34(3)4/h5-9,14-15,20H,10-13,16-17H2,1-4H3,(H,30,31,32). The van der Waals surface area contributed by atoms with Gasteiger partial charge in [0.15, 0.2) is 0 Å². The Kier molecular flexibility index (Phi) is 7.12. The predicted octanol–water partition coefficient (Wildman–Crippen LogP) is 5.95. The molecule has 188 valence electrons. The van der Waals surface area contributed by atoms with Crippen LogP contribution < -0.4 is 10.2 Å². The second-order valence-corrected chi connectivity index (χ2v) is 10.4. The lowest BCUT2D eigenvalue weighted by Gasteiger charge is -2.33. The Balaban J connectivity index is 1.49. The summed E-state index contributed by atoms with van der Waals surface area (Å²) in [6.45, 7) is 7.59. The number of aryl methyl sites for hydroxylation is 2. The molecule has 0 atom stereocenters. The van der Waals surface area contributed by atoms with Crippen LogP contribution in [0.4, 0.5) is 11.8 Å². The third-order valence-corrected chi connectivity index (χ3v) is 7.11. The molecule has 0 spiro atoms. The average Bonchev–Trinajstić information content (AvgIpc) is 3.20. The lowest BCUT2D eigenvalue weighted by molar-refractivity contribution is 0.284. The van der Waals surface area contributed by atoms with Gasteiger partial charge in [0.2, 0.25) is 5.95 Å². The first-order valence-electron chi connectivity index (χ1n) is 12.5. The highest BCUT2D eigenvalue weighted by Crippen LogP contribution is 2.33. The number of aromatic nitrogens is 3. The Bertz CT molecular complexity index is 1340. The summed E-state index contributed by atoms with van der Waals surface area (Å²) in [6, 6.07) is 14.2. The second kappa shape index (κ2) is 10.4. The molecule has 8 heteroatoms. The van der Waals surface area contributed by atoms with Crippen molar-refractivity contribution in [3.63, 3.8) is 0 Å². The zero-order chi connectivity index (χ0) is 25.2. The van der Waals surface area contributed by atoms with Gasteiger partial charge in [-0.15, -0.1) is 0 Å². The Morgan fingerprint density at radius 2 is 1.89 bits per heavy atom. The normalized spacial score (nSPS) is 14.7. The van der Waals surface area contributed by atoms with E-state index >= 15 is 0 Å². The van der Waals surface area contributed by atoms with Gasteiger partial charge in [0.25, 0.3) is 0 Å². The maximum Gasteiger partial charge on any atom is 0.227 e. The lowest BCUT2D eigenvalue weighted by Crippen LogP contribution is -2.38. The summed E-state index contributed by atoms with van der Waals surface area (Å²) >= 11 is 6.22. The molecular weight excluding hydrogens is 472 g/mol. The second-order valence-electron chi connectivity index (χ2n) is 9.98. The third-order valence-electron chi connectivity index (χ3n) is 6.88. The van der Waals surface area contributed by atoms with Crippen LogP contribution in [0.1, 0.15) is 29.9 Å². The number of rotatable bonds is 7. The minimum Gasteiger partial charge on any atom is -0.365 e. The van der Waals surface area contributed by atoms with Crippen LogP contribution in [0.3, 0.4) is 0 Å². The van der Waals surface area contributed by atoms with E-state index < -0.39 is 0 Å². The molecule has 0 saturated carbocycles. The highest BCUT2D eigenvalue weighted by Gasteiger charge is 2.23. The Morgan fingerprint density at radius 3 is 2.58 bits per heavy atom. The van der Waals surface area contributed by atoms with E-state index in [1.807, 2.05) is 32.0 Å². The van der Waals surface area contributed by atoms with Gasteiger partial charge in [-0.3, -0.25) is 0 Å². The fourth-order valence-electron chi connectivity index (χ4n) is 5.11. The fourth-order valence-corrected chi connectivity index (χ4v) is 5.32. The summed E-state index contributed by atoms with van der Waals surface area (Å²) in [7, 11) is 4.29. The van der Waals surface area contributed by atoms with Crippen LogP contribution in [0.5, 0.6) is 0 Å². The van der Waals surface area contributed by atoms with E-state index in [9.17, 15) is 0 Å². The van der Waals surface area contributed by atoms with Crippen molar-refractivity contribution in [3.05, 3.63) is 64.5 Å². The van der Waals surface area contributed by atoms with E-state index in [1.54, 1.807) is 0 Å². The van der Waals surface area contributed by atoms with Gasteiger partial charge in [-0.05, 0) is 82.1 Å². The molecule has 4 aromatic rings. The summed E-state index contributed by atoms with van der Waals surface area (Å²) in [5, 5.41) is 9.40. The smallest absolute Gasteiger partial charge is 0.227 e. The Morgan fingerprint density at radius 1 is 1.08 bits per heavy atom. The van der Waals surface area contributed by atoms with Gasteiger partial charge in [-0.2, -0.15) is 4.98 Å². The molecule has 2 aromatic carbocycles. The van der Waals surface area contributed by atoms with E-state index in [-0.39, 0.29) is 0 Å². The van der Waals surface area contributed by atoms with Crippen molar-refractivity contribution in [1.29, 1.82) is 0 Å². The molecule has 1 aliphatic rings. The molecule has 0 bridgehead atoms. The zero-order valence-electron chi connectivity index (χ0n) is 21.4. The SMILES string of the molecule is Cc1noc(C)c1-c1ccc2nc(N3CCC(CN(C)C)CC3)nc(NCc3cccc(Cl)c3)c2c1. The first-order valence-corrected chi connectivity index (χ1v) is 12.9. The number of fused-ring (bicyclic) bond motifs is 1. The third kappa shape index (κ3) is 5.32. The first-order chi connectivity index (χ1) is 17.4. The molecule has 3 heterocycles. The molecule has 1 fully saturated rings. The quantitative estimate of drug-likeness (QED) is 0.333. The summed E-state index contributed by atoms with van der Waals surface area (Å²) in [5.41, 5.74) is 4.95. The molecule has 5 rings (SSSR count). The monoisotopic (exact) mass is 504 g/mol. The number of piperidine rings is 1. The molecule has 0 amide bonds. The summed E-state index contributed by atoms with van der Waals surface area (Å²) in [6.07, 6.45) is 2.30. The topological polar surface area (TPSA) is 70.3 Å². The summed E-state index contributed by atoms with van der Waals surface area (Å²) in [4.78, 5) is 14.6. The highest BCUT2D eigenvalue weighted by atomic mass is 35.5. The Hall–Kier alpha value is -3.16. The number of benzene rings is 2. The summed E-state index contributed by atoms with van der Waals surface area (Å²) < 4.78 is 5.42. The zero-order valence-corrected chi connectivity index (χ0v) is 22.1. The predicted molar refractivity (Wildman–Crippen MR) is 147 cm³/mol. The van der Waals surface area contributed by atoms with Crippen LogP contribution in [-0.2, 0) is 6.54 Å². The molecular formula is C28H33ClN6O. The maximum absolute atomic E-state index is 6.22. The molecule has 36 heavy (non-hydrogen) atoms. The maximum atomic E-state index is 6.22. The largest absolute Gasteiger partial charge is 0.365 e. The number of hydrogen-bond donors (Lipinski definition) is 1. The summed E-state index contributed by atoms with van der Waals surface area (Å²) in [5.74, 6) is 3.12. The fraction of sp³-hybridized carbons (Fsp3) is 0.393. The van der Waals surface area contributed by atoms with Crippen LogP contribution in [0.15, 0.2) is 47.0 Å². The van der Waals surface area contributed by atoms with E-state index in [4.69, 9.17) is 26.1 Å². The van der Waals surface area contributed by atoms with Gasteiger partial charge in [-0.25, -0.2) is 4.98 Å². The number of nitrogens with zero attached hydrogens (tertiary/aromatic N) is 5. The number of nitrogens with one attached hydrogen (secondary N) is 1. The van der Waals surface area contributed by atoms with Crippen LogP contribution >= 0.6 is 11.6 Å². The molecule has 0 radical (unpaired) electrons. The molecule has 1 saturated heterocycles. The number of halogens is 1. The van der Waals surface area contributed by atoms with Gasteiger partial charge in [0, 0.05) is 42.2 Å². The van der Waals surface area contributed by atoms with Gasteiger partial charge in [0.1, 0.15) is 11.6 Å². The van der Waals surface area contributed by atoms with Gasteiger partial charge in [-0.1, -0.05) is 35.0 Å². The van der Waals surface area contributed by atoms with Crippen molar-refractivity contribution in [3.8, 4) is 11.1 Å². The van der Waals surface area contributed by atoms with E-state index in [0.717, 1.165) is 94.2 Å². The van der Waals surface area contributed by atoms with Crippen LogP contribution in [0.25, 0.3) is 22.0 Å². The van der Waals surface area contributed by atoms with Crippen molar-refractivity contribution in [2.45, 2.75) is 33.2 Å². The van der Waals surface area contributed by atoms with Gasteiger partial charge in [0.05, 0.1) is 11.2 Å². The molecule has 2 aromatic heterocycles. The van der Waals surface area contributed by atoms with Crippen LogP contribution in [0, 0.1) is 19.8 Å². The minimum absolute atomic E-state index is 0.618. The van der Waals surface area contributed by atoms with E-state index in [1.165, 1.54) is 0 Å². The van der Waals surface area contributed by atoms with E-state index in [0.29, 0.717) is 6.54 Å². The average molecular weight is 505 g/mol. The van der Waals surface area contributed by atoms with Crippen molar-refractivity contribution in [2.75, 3.05) is 43.9 Å². The molecule has 1 aliphatic heterocycles. The van der Waals surface area contributed by atoms with E-state index in [2.05, 4.69) is 58.6 Å². The van der Waals surface area contributed by atoms with Gasteiger partial charge >= 0.3 is 0 Å². The van der Waals surface area contributed by atoms with Crippen molar-refractivity contribution < 1.29 is 4.52 Å². The van der Waals surface area contributed by atoms with Gasteiger partial charge < -0.3 is 19.6 Å². The lowest BCUT2D eigenvalue weighted by atomic mass is 9.96. The van der Waals surface area contributed by atoms with Crippen molar-refractivity contribution >= 4 is 34.3 Å². The van der Waals surface area contributed by atoms with Crippen molar-refractivity contribution in [2.24, 2.45) is 5.92 Å². The molecule has 1 N–H and O–H groups in total. The first kappa shape index (κ1) is 24.5. The molecule has 7 nitrogen and oxygen atoms in total. The number of hydrogen-bond acceptors (Lipinski definition) is 7. The van der Waals surface area contributed by atoms with Crippen LogP contribution in [-0.4, -0.2) is 53.8 Å². The molecule has 0 aliphatic carbocycles. The molecule has 0 unspecified atom stereocenters. The number of anilines is 2. The highest BCUT2D eigenvalue weighted by molar-refractivity contribution is 6.30. The Labute approximate surface area is 217 Å². The van der Waals surface area contributed by atoms with Crippen molar-refractivity contribution in [1.82, 2.24) is 20.0 Å².